The van der Waals surface area contributed by atoms with Crippen LogP contribution in [0.3, 0.4) is 0 Å². The molecule has 2 heterocycles. The summed E-state index contributed by atoms with van der Waals surface area (Å²) in [6.45, 7) is 0.740. The highest BCUT2D eigenvalue weighted by molar-refractivity contribution is 7.88. The number of fused-ring (bicyclic) bond motifs is 3. The number of carbonyl (C=O) groups is 1. The molecule has 1 saturated heterocycles. The second-order valence-electron chi connectivity index (χ2n) is 6.90. The number of piperidine rings is 1. The third-order valence-corrected chi connectivity index (χ3v) is 7.35. The molecule has 1 unspecified atom stereocenters. The normalized spacial score (nSPS) is 20.3. The predicted octanol–water partition coefficient (Wildman–Crippen LogP) is 2.52. The van der Waals surface area contributed by atoms with Gasteiger partial charge in [-0.05, 0) is 31.2 Å². The maximum absolute atomic E-state index is 12.6. The van der Waals surface area contributed by atoms with Crippen LogP contribution >= 0.6 is 11.3 Å². The maximum Gasteiger partial charge on any atom is 0.230 e. The molecule has 2 aliphatic rings. The molecule has 1 atom stereocenters. The first-order valence-corrected chi connectivity index (χ1v) is 11.4. The number of aromatic nitrogens is 1. The third-order valence-electron chi connectivity index (χ3n) is 5.05. The van der Waals surface area contributed by atoms with Gasteiger partial charge in [0.2, 0.25) is 15.9 Å². The van der Waals surface area contributed by atoms with Gasteiger partial charge in [-0.25, -0.2) is 17.7 Å². The summed E-state index contributed by atoms with van der Waals surface area (Å²) < 4.78 is 24.9. The smallest absolute Gasteiger partial charge is 0.230 e. The number of nitrogens with one attached hydrogen (secondary N) is 1. The van der Waals surface area contributed by atoms with Gasteiger partial charge in [-0.2, -0.15) is 0 Å². The molecule has 1 aromatic heterocycles. The summed E-state index contributed by atoms with van der Waals surface area (Å²) in [5, 5.41) is 3.52. The number of benzene rings is 1. The molecule has 1 N–H and O–H groups in total. The minimum Gasteiger partial charge on any atom is -0.302 e. The molecule has 0 radical (unpaired) electrons. The van der Waals surface area contributed by atoms with Crippen molar-refractivity contribution < 1.29 is 13.2 Å². The van der Waals surface area contributed by atoms with Crippen molar-refractivity contribution in [1.82, 2.24) is 9.29 Å². The van der Waals surface area contributed by atoms with E-state index in [4.69, 9.17) is 0 Å². The number of sulfonamides is 1. The Labute approximate surface area is 157 Å². The molecular weight excluding hydrogens is 370 g/mol. The van der Waals surface area contributed by atoms with Crippen LogP contribution < -0.4 is 5.32 Å². The summed E-state index contributed by atoms with van der Waals surface area (Å²) in [6, 6.07) is 8.24. The van der Waals surface area contributed by atoms with Gasteiger partial charge in [0.1, 0.15) is 0 Å². The largest absolute Gasteiger partial charge is 0.302 e. The quantitative estimate of drug-likeness (QED) is 0.872. The lowest BCUT2D eigenvalue weighted by molar-refractivity contribution is -0.120. The number of hydrogen-bond donors (Lipinski definition) is 1. The molecule has 0 bridgehead atoms. The highest BCUT2D eigenvalue weighted by atomic mass is 32.2. The van der Waals surface area contributed by atoms with Crippen molar-refractivity contribution in [1.29, 1.82) is 0 Å². The third kappa shape index (κ3) is 3.41. The van der Waals surface area contributed by atoms with Crippen molar-refractivity contribution in [2.24, 2.45) is 5.92 Å². The zero-order valence-corrected chi connectivity index (χ0v) is 16.2. The second kappa shape index (κ2) is 6.75. The first-order chi connectivity index (χ1) is 12.4. The highest BCUT2D eigenvalue weighted by Crippen LogP contribution is 2.38. The van der Waals surface area contributed by atoms with E-state index >= 15 is 0 Å². The molecule has 4 rings (SSSR count). The average molecular weight is 392 g/mol. The Balaban J connectivity index is 1.51. The topological polar surface area (TPSA) is 79.4 Å². The van der Waals surface area contributed by atoms with E-state index in [1.807, 2.05) is 12.1 Å². The van der Waals surface area contributed by atoms with E-state index in [-0.39, 0.29) is 18.4 Å². The van der Waals surface area contributed by atoms with E-state index in [1.54, 1.807) is 0 Å². The van der Waals surface area contributed by atoms with Crippen molar-refractivity contribution in [3.05, 3.63) is 34.7 Å². The van der Waals surface area contributed by atoms with Crippen molar-refractivity contribution in [2.45, 2.75) is 25.7 Å². The molecule has 1 amide bonds. The number of carbonyl (C=O) groups excluding carboxylic acids is 1. The number of anilines is 1. The Morgan fingerprint density at radius 1 is 1.31 bits per heavy atom. The molecular formula is C18H21N3O3S2. The van der Waals surface area contributed by atoms with Crippen molar-refractivity contribution in [3.8, 4) is 11.3 Å². The van der Waals surface area contributed by atoms with Gasteiger partial charge in [-0.15, -0.1) is 11.3 Å². The van der Waals surface area contributed by atoms with E-state index in [2.05, 4.69) is 22.4 Å². The van der Waals surface area contributed by atoms with Crippen LogP contribution in [0.25, 0.3) is 11.3 Å². The fourth-order valence-electron chi connectivity index (χ4n) is 3.67. The fraction of sp³-hybridized carbons (Fsp3) is 0.444. The molecule has 1 aliphatic carbocycles. The Bertz CT molecular complexity index is 952. The number of hydrogen-bond acceptors (Lipinski definition) is 5. The lowest BCUT2D eigenvalue weighted by Gasteiger charge is -2.29. The van der Waals surface area contributed by atoms with Crippen LogP contribution in [0.2, 0.25) is 0 Å². The van der Waals surface area contributed by atoms with Gasteiger partial charge in [-0.3, -0.25) is 4.79 Å². The van der Waals surface area contributed by atoms with E-state index in [0.29, 0.717) is 24.5 Å². The van der Waals surface area contributed by atoms with Gasteiger partial charge in [0.15, 0.2) is 5.13 Å². The van der Waals surface area contributed by atoms with E-state index in [1.165, 1.54) is 32.3 Å². The van der Waals surface area contributed by atoms with Gasteiger partial charge < -0.3 is 5.32 Å². The Hall–Kier alpha value is -1.77. The number of thiazole rings is 1. The predicted molar refractivity (Wildman–Crippen MR) is 103 cm³/mol. The van der Waals surface area contributed by atoms with Gasteiger partial charge in [0.25, 0.3) is 0 Å². The first kappa shape index (κ1) is 17.6. The lowest BCUT2D eigenvalue weighted by Crippen LogP contribution is -2.43. The molecule has 2 aromatic rings. The summed E-state index contributed by atoms with van der Waals surface area (Å²) in [7, 11) is -3.26. The minimum atomic E-state index is -3.26. The standard InChI is InChI=1S/C18H21N3O3S2/c1-26(23,24)21-10-4-6-13(11-21)17(22)20-18-19-16-14-7-3-2-5-12(14)8-9-15(16)25-18/h2-3,5,7,13H,4,6,8-11H2,1H3,(H,19,20,22). The molecule has 6 nitrogen and oxygen atoms in total. The van der Waals surface area contributed by atoms with E-state index in [9.17, 15) is 13.2 Å². The fourth-order valence-corrected chi connectivity index (χ4v) is 5.56. The lowest BCUT2D eigenvalue weighted by atomic mass is 9.94. The SMILES string of the molecule is CS(=O)(=O)N1CCCC(C(=O)Nc2nc3c(s2)CCc2ccccc2-3)C1. The minimum absolute atomic E-state index is 0.141. The summed E-state index contributed by atoms with van der Waals surface area (Å²) in [5.41, 5.74) is 3.40. The first-order valence-electron chi connectivity index (χ1n) is 8.76. The Morgan fingerprint density at radius 3 is 2.92 bits per heavy atom. The highest BCUT2D eigenvalue weighted by Gasteiger charge is 2.31. The average Bonchev–Trinajstić information content (AvgIpc) is 3.04. The molecule has 26 heavy (non-hydrogen) atoms. The number of rotatable bonds is 3. The maximum atomic E-state index is 12.6. The van der Waals surface area contributed by atoms with Gasteiger partial charge >= 0.3 is 0 Å². The summed E-state index contributed by atoms with van der Waals surface area (Å²) >= 11 is 1.52. The van der Waals surface area contributed by atoms with Gasteiger partial charge in [-0.1, -0.05) is 24.3 Å². The van der Waals surface area contributed by atoms with Crippen LogP contribution in [-0.2, 0) is 27.7 Å². The number of amides is 1. The molecule has 0 saturated carbocycles. The van der Waals surface area contributed by atoms with Crippen molar-refractivity contribution in [3.63, 3.8) is 0 Å². The summed E-state index contributed by atoms with van der Waals surface area (Å²) in [5.74, 6) is -0.468. The second-order valence-corrected chi connectivity index (χ2v) is 9.96. The van der Waals surface area contributed by atoms with Gasteiger partial charge in [0, 0.05) is 23.5 Å². The van der Waals surface area contributed by atoms with Crippen molar-refractivity contribution in [2.75, 3.05) is 24.7 Å². The molecule has 0 spiro atoms. The van der Waals surface area contributed by atoms with Gasteiger partial charge in [0.05, 0.1) is 17.9 Å². The number of aryl methyl sites for hydroxylation is 2. The molecule has 1 fully saturated rings. The van der Waals surface area contributed by atoms with Crippen molar-refractivity contribution >= 4 is 32.4 Å². The zero-order chi connectivity index (χ0) is 18.3. The Morgan fingerprint density at radius 2 is 2.12 bits per heavy atom. The van der Waals surface area contributed by atoms with E-state index < -0.39 is 10.0 Å². The van der Waals surface area contributed by atoms with Crippen LogP contribution in [0.15, 0.2) is 24.3 Å². The van der Waals surface area contributed by atoms with Crippen LogP contribution in [-0.4, -0.2) is 43.0 Å². The zero-order valence-electron chi connectivity index (χ0n) is 14.6. The van der Waals surface area contributed by atoms with Crippen LogP contribution in [0, 0.1) is 5.92 Å². The van der Waals surface area contributed by atoms with E-state index in [0.717, 1.165) is 24.1 Å². The molecule has 1 aliphatic heterocycles. The van der Waals surface area contributed by atoms with Crippen LogP contribution in [0.4, 0.5) is 5.13 Å². The Kier molecular flexibility index (Phi) is 4.58. The summed E-state index contributed by atoms with van der Waals surface area (Å²) in [6.07, 6.45) is 4.52. The molecule has 1 aromatic carbocycles. The summed E-state index contributed by atoms with van der Waals surface area (Å²) in [4.78, 5) is 18.5. The monoisotopic (exact) mass is 391 g/mol. The van der Waals surface area contributed by atoms with Crippen LogP contribution in [0.5, 0.6) is 0 Å². The molecule has 138 valence electrons. The van der Waals surface area contributed by atoms with Crippen LogP contribution in [0.1, 0.15) is 23.3 Å². The number of nitrogens with zero attached hydrogens (tertiary/aromatic N) is 2. The molecule has 8 heteroatoms.